The fourth-order valence-electron chi connectivity index (χ4n) is 2.32. The van der Waals surface area contributed by atoms with Gasteiger partial charge in [-0.3, -0.25) is 4.79 Å². The number of amides is 1. The molecule has 2 aromatic rings. The second-order valence-corrected chi connectivity index (χ2v) is 5.17. The Morgan fingerprint density at radius 3 is 2.43 bits per heavy atom. The van der Waals surface area contributed by atoms with Gasteiger partial charge in [0.05, 0.1) is 0 Å². The van der Waals surface area contributed by atoms with Gasteiger partial charge in [-0.15, -0.1) is 0 Å². The van der Waals surface area contributed by atoms with Crippen LogP contribution in [0.25, 0.3) is 11.1 Å². The van der Waals surface area contributed by atoms with Crippen LogP contribution in [-0.4, -0.2) is 12.5 Å². The Kier molecular flexibility index (Phi) is 5.52. The van der Waals surface area contributed by atoms with Crippen molar-refractivity contribution >= 4 is 11.6 Å². The molecule has 3 heteroatoms. The first kappa shape index (κ1) is 15.3. The van der Waals surface area contributed by atoms with Crippen LogP contribution in [0, 0.1) is 5.92 Å². The van der Waals surface area contributed by atoms with Crippen LogP contribution in [0.1, 0.15) is 19.8 Å². The van der Waals surface area contributed by atoms with Crippen molar-refractivity contribution in [2.75, 3.05) is 11.9 Å². The Hall–Kier alpha value is -2.13. The van der Waals surface area contributed by atoms with E-state index >= 15 is 0 Å². The Balaban J connectivity index is 2.16. The van der Waals surface area contributed by atoms with Crippen molar-refractivity contribution in [2.24, 2.45) is 11.7 Å². The van der Waals surface area contributed by atoms with E-state index in [0.717, 1.165) is 23.2 Å². The molecule has 0 spiro atoms. The second kappa shape index (κ2) is 7.60. The van der Waals surface area contributed by atoms with E-state index in [-0.39, 0.29) is 11.8 Å². The third-order valence-corrected chi connectivity index (χ3v) is 3.67. The molecule has 0 heterocycles. The van der Waals surface area contributed by atoms with Gasteiger partial charge in [0.2, 0.25) is 5.91 Å². The van der Waals surface area contributed by atoms with Gasteiger partial charge >= 0.3 is 0 Å². The highest BCUT2D eigenvalue weighted by Crippen LogP contribution is 2.27. The zero-order valence-corrected chi connectivity index (χ0v) is 12.4. The summed E-state index contributed by atoms with van der Waals surface area (Å²) in [6, 6.07) is 17.9. The van der Waals surface area contributed by atoms with E-state index in [2.05, 4.69) is 12.2 Å². The minimum atomic E-state index is 0.0238. The topological polar surface area (TPSA) is 55.1 Å². The van der Waals surface area contributed by atoms with Gasteiger partial charge in [0.25, 0.3) is 0 Å². The molecule has 0 radical (unpaired) electrons. The molecule has 0 aromatic heterocycles. The van der Waals surface area contributed by atoms with Crippen LogP contribution in [0.2, 0.25) is 0 Å². The van der Waals surface area contributed by atoms with Gasteiger partial charge < -0.3 is 11.1 Å². The van der Waals surface area contributed by atoms with E-state index in [1.165, 1.54) is 0 Å². The highest BCUT2D eigenvalue weighted by Gasteiger charge is 2.12. The van der Waals surface area contributed by atoms with Crippen molar-refractivity contribution in [3.63, 3.8) is 0 Å². The van der Waals surface area contributed by atoms with Crippen LogP contribution in [0.5, 0.6) is 0 Å². The van der Waals surface area contributed by atoms with Gasteiger partial charge in [-0.05, 0) is 24.1 Å². The lowest BCUT2D eigenvalue weighted by Gasteiger charge is -2.14. The lowest BCUT2D eigenvalue weighted by molar-refractivity contribution is -0.117. The smallest absolute Gasteiger partial charge is 0.224 e. The first-order valence-corrected chi connectivity index (χ1v) is 7.39. The van der Waals surface area contributed by atoms with Crippen LogP contribution in [0.15, 0.2) is 54.6 Å². The van der Waals surface area contributed by atoms with Crippen molar-refractivity contribution in [1.82, 2.24) is 0 Å². The number of rotatable bonds is 6. The maximum Gasteiger partial charge on any atom is 0.224 e. The van der Waals surface area contributed by atoms with E-state index in [0.29, 0.717) is 13.0 Å². The minimum Gasteiger partial charge on any atom is -0.330 e. The fourth-order valence-corrected chi connectivity index (χ4v) is 2.32. The summed E-state index contributed by atoms with van der Waals surface area (Å²) < 4.78 is 0. The summed E-state index contributed by atoms with van der Waals surface area (Å²) in [5.74, 6) is 0.268. The third-order valence-electron chi connectivity index (χ3n) is 3.67. The first-order valence-electron chi connectivity index (χ1n) is 7.39. The van der Waals surface area contributed by atoms with Crippen LogP contribution < -0.4 is 11.1 Å². The van der Waals surface area contributed by atoms with Gasteiger partial charge in [0, 0.05) is 17.7 Å². The number of hydrogen-bond acceptors (Lipinski definition) is 2. The van der Waals surface area contributed by atoms with Gasteiger partial charge in [0.1, 0.15) is 0 Å². The molecule has 0 bridgehead atoms. The van der Waals surface area contributed by atoms with Gasteiger partial charge in [0.15, 0.2) is 0 Å². The average Bonchev–Trinajstić information content (AvgIpc) is 2.54. The molecule has 1 amide bonds. The lowest BCUT2D eigenvalue weighted by atomic mass is 10.0. The van der Waals surface area contributed by atoms with Crippen molar-refractivity contribution in [2.45, 2.75) is 19.8 Å². The number of carbonyl (C=O) groups is 1. The normalized spacial score (nSPS) is 11.9. The van der Waals surface area contributed by atoms with Gasteiger partial charge in [-0.25, -0.2) is 0 Å². The summed E-state index contributed by atoms with van der Waals surface area (Å²) in [6.07, 6.45) is 1.39. The molecule has 0 aliphatic carbocycles. The number of nitrogens with two attached hydrogens (primary N) is 1. The summed E-state index contributed by atoms with van der Waals surface area (Å²) in [5.41, 5.74) is 8.64. The van der Waals surface area contributed by atoms with E-state index in [1.54, 1.807) is 0 Å². The molecule has 2 aromatic carbocycles. The number of hydrogen-bond donors (Lipinski definition) is 2. The molecule has 110 valence electrons. The number of nitrogens with one attached hydrogen (secondary N) is 1. The van der Waals surface area contributed by atoms with Crippen molar-refractivity contribution in [3.05, 3.63) is 54.6 Å². The molecule has 2 rings (SSSR count). The monoisotopic (exact) mass is 282 g/mol. The van der Waals surface area contributed by atoms with Crippen LogP contribution in [0.3, 0.4) is 0 Å². The largest absolute Gasteiger partial charge is 0.330 e. The zero-order valence-electron chi connectivity index (χ0n) is 12.4. The SMILES string of the molecule is CCC(CN)CC(=O)Nc1ccccc1-c1ccccc1. The van der Waals surface area contributed by atoms with Crippen molar-refractivity contribution < 1.29 is 4.79 Å². The van der Waals surface area contributed by atoms with E-state index in [9.17, 15) is 4.79 Å². The molecular weight excluding hydrogens is 260 g/mol. The van der Waals surface area contributed by atoms with Crippen molar-refractivity contribution in [3.8, 4) is 11.1 Å². The molecule has 0 aliphatic rings. The van der Waals surface area contributed by atoms with E-state index in [4.69, 9.17) is 5.73 Å². The van der Waals surface area contributed by atoms with Gasteiger partial charge in [-0.2, -0.15) is 0 Å². The Morgan fingerprint density at radius 1 is 1.10 bits per heavy atom. The average molecular weight is 282 g/mol. The number of anilines is 1. The second-order valence-electron chi connectivity index (χ2n) is 5.17. The van der Waals surface area contributed by atoms with Crippen LogP contribution >= 0.6 is 0 Å². The number of benzene rings is 2. The first-order chi connectivity index (χ1) is 10.2. The molecule has 1 atom stereocenters. The fraction of sp³-hybridized carbons (Fsp3) is 0.278. The number of para-hydroxylation sites is 1. The third kappa shape index (κ3) is 4.17. The molecule has 3 N–H and O–H groups in total. The Morgan fingerprint density at radius 2 is 1.76 bits per heavy atom. The predicted octanol–water partition coefficient (Wildman–Crippen LogP) is 3.67. The molecule has 0 aliphatic heterocycles. The standard InChI is InChI=1S/C18H22N2O/c1-2-14(13-19)12-18(21)20-17-11-7-6-10-16(17)15-8-4-3-5-9-15/h3-11,14H,2,12-13,19H2,1H3,(H,20,21). The summed E-state index contributed by atoms with van der Waals surface area (Å²) in [6.45, 7) is 2.60. The molecular formula is C18H22N2O. The molecule has 3 nitrogen and oxygen atoms in total. The van der Waals surface area contributed by atoms with E-state index in [1.807, 2.05) is 54.6 Å². The van der Waals surface area contributed by atoms with E-state index < -0.39 is 0 Å². The molecule has 0 fully saturated rings. The molecule has 1 unspecified atom stereocenters. The molecule has 0 saturated carbocycles. The van der Waals surface area contributed by atoms with Crippen LogP contribution in [-0.2, 0) is 4.79 Å². The Bertz CT molecular complexity index is 577. The summed E-state index contributed by atoms with van der Waals surface area (Å²) in [4.78, 5) is 12.2. The maximum absolute atomic E-state index is 12.2. The summed E-state index contributed by atoms with van der Waals surface area (Å²) >= 11 is 0. The van der Waals surface area contributed by atoms with Gasteiger partial charge in [-0.1, -0.05) is 61.9 Å². The maximum atomic E-state index is 12.2. The predicted molar refractivity (Wildman–Crippen MR) is 88.0 cm³/mol. The summed E-state index contributed by atoms with van der Waals surface area (Å²) in [5, 5.41) is 3.01. The lowest BCUT2D eigenvalue weighted by Crippen LogP contribution is -2.21. The Labute approximate surface area is 126 Å². The molecule has 0 saturated heterocycles. The minimum absolute atomic E-state index is 0.0238. The highest BCUT2D eigenvalue weighted by atomic mass is 16.1. The zero-order chi connectivity index (χ0) is 15.1. The van der Waals surface area contributed by atoms with Crippen LogP contribution in [0.4, 0.5) is 5.69 Å². The molecule has 21 heavy (non-hydrogen) atoms. The quantitative estimate of drug-likeness (QED) is 0.849. The highest BCUT2D eigenvalue weighted by molar-refractivity contribution is 5.95. The summed E-state index contributed by atoms with van der Waals surface area (Å²) in [7, 11) is 0. The van der Waals surface area contributed by atoms with Crippen molar-refractivity contribution in [1.29, 1.82) is 0 Å². The number of carbonyl (C=O) groups excluding carboxylic acids is 1.